The van der Waals surface area contributed by atoms with E-state index in [-0.39, 0.29) is 25.2 Å². The first-order valence-corrected chi connectivity index (χ1v) is 9.45. The van der Waals surface area contributed by atoms with Gasteiger partial charge >= 0.3 is 5.97 Å². The third-order valence-corrected chi connectivity index (χ3v) is 3.82. The Hall–Kier alpha value is -3.35. The van der Waals surface area contributed by atoms with Gasteiger partial charge in [-0.15, -0.1) is 0 Å². The molecular weight excluding hydrogens is 372 g/mol. The second-order valence-corrected chi connectivity index (χ2v) is 6.62. The third-order valence-electron chi connectivity index (χ3n) is 3.82. The Kier molecular flexibility index (Phi) is 8.69. The average molecular weight is 398 g/mol. The highest BCUT2D eigenvalue weighted by Crippen LogP contribution is 2.13. The lowest BCUT2D eigenvalue weighted by atomic mass is 10.1. The molecule has 0 saturated carbocycles. The van der Waals surface area contributed by atoms with E-state index < -0.39 is 11.9 Å². The molecule has 2 rings (SSSR count). The van der Waals surface area contributed by atoms with Gasteiger partial charge in [0.25, 0.3) is 11.8 Å². The quantitative estimate of drug-likeness (QED) is 0.598. The third kappa shape index (κ3) is 8.47. The van der Waals surface area contributed by atoms with Gasteiger partial charge in [0, 0.05) is 12.1 Å². The lowest BCUT2D eigenvalue weighted by Gasteiger charge is -2.10. The summed E-state index contributed by atoms with van der Waals surface area (Å²) in [5.74, 6) is -0.822. The van der Waals surface area contributed by atoms with Crippen LogP contribution in [0.5, 0.6) is 5.75 Å². The van der Waals surface area contributed by atoms with E-state index in [1.54, 1.807) is 24.3 Å². The minimum atomic E-state index is -0.684. The second kappa shape index (κ2) is 11.5. The second-order valence-electron chi connectivity index (χ2n) is 6.62. The molecule has 0 unspecified atom stereocenters. The van der Waals surface area contributed by atoms with Crippen molar-refractivity contribution < 1.29 is 23.9 Å². The molecule has 0 bridgehead atoms. The normalized spacial score (nSPS) is 10.3. The molecule has 0 aliphatic carbocycles. The van der Waals surface area contributed by atoms with Gasteiger partial charge in [-0.2, -0.15) is 0 Å². The van der Waals surface area contributed by atoms with Crippen molar-refractivity contribution in [3.8, 4) is 5.75 Å². The minimum absolute atomic E-state index is 0.0417. The van der Waals surface area contributed by atoms with E-state index in [1.807, 2.05) is 44.2 Å². The van der Waals surface area contributed by atoms with Crippen molar-refractivity contribution in [3.05, 3.63) is 65.7 Å². The summed E-state index contributed by atoms with van der Waals surface area (Å²) in [5.41, 5.74) is 1.50. The summed E-state index contributed by atoms with van der Waals surface area (Å²) in [6.45, 7) is 3.57. The number of hydrogen-bond acceptors (Lipinski definition) is 5. The van der Waals surface area contributed by atoms with Crippen LogP contribution in [0.1, 0.15) is 29.8 Å². The number of rotatable bonds is 10. The van der Waals surface area contributed by atoms with Gasteiger partial charge in [0.15, 0.2) is 6.61 Å². The molecule has 29 heavy (non-hydrogen) atoms. The molecule has 0 spiro atoms. The zero-order valence-electron chi connectivity index (χ0n) is 16.6. The first-order chi connectivity index (χ1) is 13.9. The van der Waals surface area contributed by atoms with Gasteiger partial charge in [0.05, 0.1) is 6.10 Å². The molecule has 2 amide bonds. The van der Waals surface area contributed by atoms with Crippen molar-refractivity contribution >= 4 is 17.8 Å². The van der Waals surface area contributed by atoms with Crippen LogP contribution in [0.2, 0.25) is 0 Å². The molecule has 0 saturated heterocycles. The van der Waals surface area contributed by atoms with Crippen LogP contribution in [0.4, 0.5) is 0 Å². The zero-order chi connectivity index (χ0) is 21.1. The fourth-order valence-corrected chi connectivity index (χ4v) is 2.45. The first kappa shape index (κ1) is 21.9. The number of carbonyl (C=O) groups is 3. The Bertz CT molecular complexity index is 804. The Morgan fingerprint density at radius 3 is 2.28 bits per heavy atom. The lowest BCUT2D eigenvalue weighted by molar-refractivity contribution is -0.147. The number of hydrogen-bond donors (Lipinski definition) is 2. The van der Waals surface area contributed by atoms with E-state index >= 15 is 0 Å². The average Bonchev–Trinajstić information content (AvgIpc) is 2.71. The van der Waals surface area contributed by atoms with Crippen molar-refractivity contribution in [1.82, 2.24) is 10.6 Å². The summed E-state index contributed by atoms with van der Waals surface area (Å²) in [6, 6.07) is 16.3. The molecule has 0 fully saturated rings. The van der Waals surface area contributed by atoms with Gasteiger partial charge < -0.3 is 20.1 Å². The van der Waals surface area contributed by atoms with E-state index in [1.165, 1.54) is 0 Å². The maximum Gasteiger partial charge on any atom is 0.325 e. The van der Waals surface area contributed by atoms with Crippen molar-refractivity contribution in [2.75, 3.05) is 19.7 Å². The molecule has 2 N–H and O–H groups in total. The summed E-state index contributed by atoms with van der Waals surface area (Å²) in [7, 11) is 0. The fourth-order valence-electron chi connectivity index (χ4n) is 2.45. The van der Waals surface area contributed by atoms with E-state index in [2.05, 4.69) is 10.6 Å². The smallest absolute Gasteiger partial charge is 0.325 e. The number of nitrogens with one attached hydrogen (secondary N) is 2. The zero-order valence-corrected chi connectivity index (χ0v) is 16.6. The molecule has 0 heterocycles. The number of esters is 1. The van der Waals surface area contributed by atoms with E-state index in [0.717, 1.165) is 5.56 Å². The molecule has 2 aromatic carbocycles. The van der Waals surface area contributed by atoms with Crippen molar-refractivity contribution in [2.45, 2.75) is 26.4 Å². The van der Waals surface area contributed by atoms with Gasteiger partial charge in [-0.1, -0.05) is 30.3 Å². The minimum Gasteiger partial charge on any atom is -0.491 e. The Morgan fingerprint density at radius 1 is 0.931 bits per heavy atom. The SMILES string of the molecule is CC(C)Oc1ccc(C(=O)NCC(=O)OCC(=O)NCCc2ccccc2)cc1. The fraction of sp³-hybridized carbons (Fsp3) is 0.318. The van der Waals surface area contributed by atoms with Crippen LogP contribution in [0.15, 0.2) is 54.6 Å². The van der Waals surface area contributed by atoms with Crippen molar-refractivity contribution in [2.24, 2.45) is 0 Å². The van der Waals surface area contributed by atoms with Crippen LogP contribution in [0, 0.1) is 0 Å². The highest BCUT2D eigenvalue weighted by molar-refractivity contribution is 5.96. The number of ether oxygens (including phenoxy) is 2. The van der Waals surface area contributed by atoms with Gasteiger partial charge in [-0.05, 0) is 50.1 Å². The predicted octanol–water partition coefficient (Wildman–Crippen LogP) is 2.11. The Balaban J connectivity index is 1.63. The van der Waals surface area contributed by atoms with Crippen molar-refractivity contribution in [3.63, 3.8) is 0 Å². The lowest BCUT2D eigenvalue weighted by Crippen LogP contribution is -2.34. The summed E-state index contributed by atoms with van der Waals surface area (Å²) in [5, 5.41) is 5.14. The topological polar surface area (TPSA) is 93.7 Å². The van der Waals surface area contributed by atoms with Crippen LogP contribution in [-0.2, 0) is 20.7 Å². The highest BCUT2D eigenvalue weighted by Gasteiger charge is 2.11. The van der Waals surface area contributed by atoms with Gasteiger partial charge in [-0.25, -0.2) is 0 Å². The molecule has 0 aromatic heterocycles. The van der Waals surface area contributed by atoms with Crippen LogP contribution in [-0.4, -0.2) is 43.6 Å². The molecule has 0 aliphatic heterocycles. The van der Waals surface area contributed by atoms with Crippen LogP contribution in [0.3, 0.4) is 0 Å². The van der Waals surface area contributed by atoms with E-state index in [4.69, 9.17) is 9.47 Å². The molecule has 7 nitrogen and oxygen atoms in total. The largest absolute Gasteiger partial charge is 0.491 e. The molecule has 7 heteroatoms. The summed E-state index contributed by atoms with van der Waals surface area (Å²) < 4.78 is 10.4. The molecule has 0 aliphatic rings. The summed E-state index contributed by atoms with van der Waals surface area (Å²) in [4.78, 5) is 35.5. The molecule has 0 atom stereocenters. The standard InChI is InChI=1S/C22H26N2O5/c1-16(2)29-19-10-8-18(9-11-19)22(27)24-14-21(26)28-15-20(25)23-13-12-17-6-4-3-5-7-17/h3-11,16H,12-15H2,1-2H3,(H,23,25)(H,24,27). The van der Waals surface area contributed by atoms with Crippen molar-refractivity contribution in [1.29, 1.82) is 0 Å². The van der Waals surface area contributed by atoms with Gasteiger partial charge in [0.1, 0.15) is 12.3 Å². The maximum absolute atomic E-state index is 12.1. The number of carbonyl (C=O) groups excluding carboxylic acids is 3. The van der Waals surface area contributed by atoms with Gasteiger partial charge in [-0.3, -0.25) is 14.4 Å². The molecule has 0 radical (unpaired) electrons. The molecular formula is C22H26N2O5. The summed E-state index contributed by atoms with van der Waals surface area (Å²) >= 11 is 0. The van der Waals surface area contributed by atoms with E-state index in [9.17, 15) is 14.4 Å². The first-order valence-electron chi connectivity index (χ1n) is 9.45. The maximum atomic E-state index is 12.1. The number of benzene rings is 2. The summed E-state index contributed by atoms with van der Waals surface area (Å²) in [6.07, 6.45) is 0.734. The van der Waals surface area contributed by atoms with E-state index in [0.29, 0.717) is 24.3 Å². The predicted molar refractivity (Wildman–Crippen MR) is 109 cm³/mol. The van der Waals surface area contributed by atoms with Gasteiger partial charge in [0.2, 0.25) is 0 Å². The van der Waals surface area contributed by atoms with Crippen LogP contribution < -0.4 is 15.4 Å². The highest BCUT2D eigenvalue weighted by atomic mass is 16.5. The Morgan fingerprint density at radius 2 is 1.62 bits per heavy atom. The number of amides is 2. The van der Waals surface area contributed by atoms with Crippen LogP contribution in [0.25, 0.3) is 0 Å². The Labute approximate surface area is 170 Å². The molecule has 2 aromatic rings. The van der Waals surface area contributed by atoms with Crippen LogP contribution >= 0.6 is 0 Å². The monoisotopic (exact) mass is 398 g/mol. The molecule has 154 valence electrons.